The lowest BCUT2D eigenvalue weighted by atomic mass is 10.1. The molecule has 3 heteroatoms. The van der Waals surface area contributed by atoms with E-state index in [1.54, 1.807) is 7.11 Å². The van der Waals surface area contributed by atoms with E-state index < -0.39 is 0 Å². The minimum atomic E-state index is 0.114. The Morgan fingerprint density at radius 3 is 2.71 bits per heavy atom. The Labute approximate surface area is 92.4 Å². The van der Waals surface area contributed by atoms with Gasteiger partial charge in [-0.25, -0.2) is 0 Å². The van der Waals surface area contributed by atoms with Gasteiger partial charge >= 0.3 is 0 Å². The van der Waals surface area contributed by atoms with E-state index in [1.807, 2.05) is 25.1 Å². The maximum atomic E-state index is 11.5. The maximum Gasteiger partial charge on any atom is 0.166 e. The number of ether oxygens (including phenoxy) is 1. The second kappa shape index (κ2) is 5.15. The zero-order chi connectivity index (χ0) is 10.6. The van der Waals surface area contributed by atoms with E-state index in [4.69, 9.17) is 4.74 Å². The van der Waals surface area contributed by atoms with Crippen LogP contribution in [0.5, 0.6) is 5.75 Å². The predicted octanol–water partition coefficient (Wildman–Crippen LogP) is 3.18. The van der Waals surface area contributed by atoms with Crippen LogP contribution in [0.1, 0.15) is 29.3 Å². The molecule has 0 fully saturated rings. The number of carbonyl (C=O) groups is 1. The van der Waals surface area contributed by atoms with E-state index in [1.165, 1.54) is 0 Å². The molecule has 0 spiro atoms. The molecule has 1 rings (SSSR count). The van der Waals surface area contributed by atoms with Gasteiger partial charge in [-0.05, 0) is 17.7 Å². The van der Waals surface area contributed by atoms with E-state index in [-0.39, 0.29) is 5.78 Å². The monoisotopic (exact) mass is 256 g/mol. The van der Waals surface area contributed by atoms with Crippen molar-refractivity contribution in [3.05, 3.63) is 29.3 Å². The molecule has 2 nitrogen and oxygen atoms in total. The molecular formula is C11H13BrO2. The molecule has 0 heterocycles. The number of hydrogen-bond acceptors (Lipinski definition) is 2. The van der Waals surface area contributed by atoms with Crippen molar-refractivity contribution in [3.8, 4) is 5.75 Å². The Morgan fingerprint density at radius 1 is 1.50 bits per heavy atom. The van der Waals surface area contributed by atoms with E-state index >= 15 is 0 Å². The van der Waals surface area contributed by atoms with Gasteiger partial charge in [0.05, 0.1) is 12.7 Å². The molecule has 0 aliphatic rings. The second-order valence-electron chi connectivity index (χ2n) is 2.94. The van der Waals surface area contributed by atoms with Crippen molar-refractivity contribution >= 4 is 21.7 Å². The summed E-state index contributed by atoms with van der Waals surface area (Å²) >= 11 is 3.36. The number of hydrogen-bond donors (Lipinski definition) is 0. The lowest BCUT2D eigenvalue weighted by Gasteiger charge is -2.07. The van der Waals surface area contributed by atoms with Gasteiger partial charge in [-0.15, -0.1) is 0 Å². The van der Waals surface area contributed by atoms with Crippen LogP contribution in [0.15, 0.2) is 18.2 Å². The minimum absolute atomic E-state index is 0.114. The lowest BCUT2D eigenvalue weighted by molar-refractivity contribution is 0.0985. The Kier molecular flexibility index (Phi) is 4.14. The first-order valence-electron chi connectivity index (χ1n) is 4.49. The molecule has 0 saturated carbocycles. The van der Waals surface area contributed by atoms with Crippen LogP contribution < -0.4 is 4.74 Å². The molecule has 0 unspecified atom stereocenters. The van der Waals surface area contributed by atoms with Crippen LogP contribution in [-0.4, -0.2) is 12.9 Å². The highest BCUT2D eigenvalue weighted by atomic mass is 79.9. The third kappa shape index (κ3) is 2.35. The molecule has 0 amide bonds. The smallest absolute Gasteiger partial charge is 0.166 e. The highest BCUT2D eigenvalue weighted by Gasteiger charge is 2.10. The zero-order valence-corrected chi connectivity index (χ0v) is 9.93. The van der Waals surface area contributed by atoms with Crippen LogP contribution in [0.25, 0.3) is 0 Å². The number of ketones is 1. The van der Waals surface area contributed by atoms with Gasteiger partial charge in [0.1, 0.15) is 5.75 Å². The summed E-state index contributed by atoms with van der Waals surface area (Å²) in [4.78, 5) is 11.5. The van der Waals surface area contributed by atoms with Crippen molar-refractivity contribution in [1.29, 1.82) is 0 Å². The summed E-state index contributed by atoms with van der Waals surface area (Å²) in [7, 11) is 1.58. The average Bonchev–Trinajstić information content (AvgIpc) is 2.27. The third-order valence-corrected chi connectivity index (χ3v) is 2.69. The summed E-state index contributed by atoms with van der Waals surface area (Å²) in [6.07, 6.45) is 0.504. The fourth-order valence-electron chi connectivity index (χ4n) is 1.24. The van der Waals surface area contributed by atoms with Crippen LogP contribution in [0.2, 0.25) is 0 Å². The van der Waals surface area contributed by atoms with E-state index in [0.717, 1.165) is 10.9 Å². The van der Waals surface area contributed by atoms with Crippen molar-refractivity contribution in [2.24, 2.45) is 0 Å². The molecule has 0 N–H and O–H groups in total. The summed E-state index contributed by atoms with van der Waals surface area (Å²) in [6.45, 7) is 1.85. The predicted molar refractivity (Wildman–Crippen MR) is 60.2 cm³/mol. The summed E-state index contributed by atoms with van der Waals surface area (Å²) in [6, 6.07) is 5.64. The van der Waals surface area contributed by atoms with Gasteiger partial charge in [0.25, 0.3) is 0 Å². The molecule has 0 aliphatic heterocycles. The van der Waals surface area contributed by atoms with Gasteiger partial charge in [0.2, 0.25) is 0 Å². The Morgan fingerprint density at radius 2 is 2.21 bits per heavy atom. The van der Waals surface area contributed by atoms with Crippen LogP contribution in [0, 0.1) is 0 Å². The molecule has 0 atom stereocenters. The molecule has 0 aromatic heterocycles. The Hall–Kier alpha value is -0.830. The Bertz CT molecular complexity index is 334. The number of halogens is 1. The van der Waals surface area contributed by atoms with E-state index in [0.29, 0.717) is 17.7 Å². The first-order chi connectivity index (χ1) is 6.72. The number of methoxy groups -OCH3 is 1. The van der Waals surface area contributed by atoms with Crippen molar-refractivity contribution in [1.82, 2.24) is 0 Å². The van der Waals surface area contributed by atoms with Gasteiger partial charge < -0.3 is 4.74 Å². The standard InChI is InChI=1S/C11H13BrO2/c1-3-10(13)9-5-4-8(7-12)6-11(9)14-2/h4-6H,3,7H2,1-2H3. The lowest BCUT2D eigenvalue weighted by Crippen LogP contribution is -2.00. The van der Waals surface area contributed by atoms with Crippen molar-refractivity contribution in [2.45, 2.75) is 18.7 Å². The summed E-state index contributed by atoms with van der Waals surface area (Å²) < 4.78 is 5.17. The quantitative estimate of drug-likeness (QED) is 0.611. The van der Waals surface area contributed by atoms with Gasteiger partial charge in [-0.2, -0.15) is 0 Å². The van der Waals surface area contributed by atoms with Crippen molar-refractivity contribution < 1.29 is 9.53 Å². The third-order valence-electron chi connectivity index (χ3n) is 2.04. The zero-order valence-electron chi connectivity index (χ0n) is 8.34. The number of alkyl halides is 1. The van der Waals surface area contributed by atoms with E-state index in [2.05, 4.69) is 15.9 Å². The fraction of sp³-hybridized carbons (Fsp3) is 0.364. The number of benzene rings is 1. The van der Waals surface area contributed by atoms with Gasteiger partial charge in [0.15, 0.2) is 5.78 Å². The molecular weight excluding hydrogens is 244 g/mol. The molecule has 1 aromatic carbocycles. The van der Waals surface area contributed by atoms with Crippen LogP contribution >= 0.6 is 15.9 Å². The minimum Gasteiger partial charge on any atom is -0.496 e. The molecule has 0 bridgehead atoms. The fourth-order valence-corrected chi connectivity index (χ4v) is 1.59. The molecule has 0 saturated heterocycles. The van der Waals surface area contributed by atoms with Crippen molar-refractivity contribution in [3.63, 3.8) is 0 Å². The van der Waals surface area contributed by atoms with Gasteiger partial charge in [-0.1, -0.05) is 28.9 Å². The number of Topliss-reactive ketones (excluding diaryl/α,β-unsaturated/α-hetero) is 1. The SMILES string of the molecule is CCC(=O)c1ccc(CBr)cc1OC. The largest absolute Gasteiger partial charge is 0.496 e. The molecule has 14 heavy (non-hydrogen) atoms. The van der Waals surface area contributed by atoms with Gasteiger partial charge in [0, 0.05) is 11.8 Å². The van der Waals surface area contributed by atoms with Gasteiger partial charge in [-0.3, -0.25) is 4.79 Å². The number of carbonyl (C=O) groups excluding carboxylic acids is 1. The van der Waals surface area contributed by atoms with Crippen LogP contribution in [0.4, 0.5) is 0 Å². The first kappa shape index (κ1) is 11.2. The molecule has 1 aromatic rings. The average molecular weight is 257 g/mol. The second-order valence-corrected chi connectivity index (χ2v) is 3.51. The van der Waals surface area contributed by atoms with Crippen molar-refractivity contribution in [2.75, 3.05) is 7.11 Å². The number of rotatable bonds is 4. The maximum absolute atomic E-state index is 11.5. The summed E-state index contributed by atoms with van der Waals surface area (Å²) in [5.74, 6) is 0.775. The normalized spacial score (nSPS) is 9.93. The summed E-state index contributed by atoms with van der Waals surface area (Å²) in [5.41, 5.74) is 1.77. The topological polar surface area (TPSA) is 26.3 Å². The molecule has 76 valence electrons. The first-order valence-corrected chi connectivity index (χ1v) is 5.61. The summed E-state index contributed by atoms with van der Waals surface area (Å²) in [5, 5.41) is 0.768. The molecule has 0 radical (unpaired) electrons. The van der Waals surface area contributed by atoms with E-state index in [9.17, 15) is 4.79 Å². The van der Waals surface area contributed by atoms with Crippen LogP contribution in [0.3, 0.4) is 0 Å². The molecule has 0 aliphatic carbocycles. The highest BCUT2D eigenvalue weighted by Crippen LogP contribution is 2.22. The van der Waals surface area contributed by atoms with Crippen LogP contribution in [-0.2, 0) is 5.33 Å². The Balaban J connectivity index is 3.11. The highest BCUT2D eigenvalue weighted by molar-refractivity contribution is 9.08.